The number of nitrogens with zero attached hydrogens (tertiary/aromatic N) is 6. The molecule has 2 N–H and O–H groups in total. The van der Waals surface area contributed by atoms with Crippen LogP contribution in [0.4, 0.5) is 13.2 Å². The van der Waals surface area contributed by atoms with Crippen molar-refractivity contribution in [1.82, 2.24) is 24.5 Å². The summed E-state index contributed by atoms with van der Waals surface area (Å²) in [5, 5.41) is 18.6. The topological polar surface area (TPSA) is 96.1 Å². The van der Waals surface area contributed by atoms with Crippen molar-refractivity contribution in [2.24, 2.45) is 5.73 Å². The molecule has 3 atom stereocenters. The van der Waals surface area contributed by atoms with Gasteiger partial charge in [0, 0.05) is 36.3 Å². The molecule has 1 aliphatic rings. The lowest BCUT2D eigenvalue weighted by Gasteiger charge is -2.30. The molecule has 1 aromatic carbocycles. The zero-order valence-corrected chi connectivity index (χ0v) is 19.4. The van der Waals surface area contributed by atoms with Gasteiger partial charge in [0.2, 0.25) is 0 Å². The molecule has 5 rings (SSSR count). The van der Waals surface area contributed by atoms with E-state index in [2.05, 4.69) is 21.3 Å². The fourth-order valence-corrected chi connectivity index (χ4v) is 4.76. The number of hydrogen-bond acceptors (Lipinski definition) is 6. The van der Waals surface area contributed by atoms with Crippen LogP contribution in [0.5, 0.6) is 0 Å². The van der Waals surface area contributed by atoms with E-state index in [4.69, 9.17) is 17.3 Å². The van der Waals surface area contributed by atoms with Crippen LogP contribution in [0.15, 0.2) is 48.7 Å². The van der Waals surface area contributed by atoms with Gasteiger partial charge in [0.25, 0.3) is 0 Å². The summed E-state index contributed by atoms with van der Waals surface area (Å²) in [6.45, 7) is 2.02. The average molecular weight is 500 g/mol. The van der Waals surface area contributed by atoms with Crippen LogP contribution in [-0.2, 0) is 4.87 Å². The molecular weight excluding hydrogens is 479 g/mol. The zero-order valence-electron chi connectivity index (χ0n) is 18.7. The minimum absolute atomic E-state index is 0.0689. The number of aromatic nitrogens is 4. The van der Waals surface area contributed by atoms with Gasteiger partial charge in [0.15, 0.2) is 16.3 Å². The maximum absolute atomic E-state index is 14.1. The highest BCUT2D eigenvalue weighted by molar-refractivity contribution is 6.26. The maximum atomic E-state index is 14.1. The Morgan fingerprint density at radius 1 is 1.17 bits per heavy atom. The Bertz CT molecular complexity index is 1460. The van der Waals surface area contributed by atoms with E-state index in [0.29, 0.717) is 28.8 Å². The van der Waals surface area contributed by atoms with Gasteiger partial charge in [0.1, 0.15) is 11.7 Å². The summed E-state index contributed by atoms with van der Waals surface area (Å²) in [4.78, 5) is 4.74. The molecule has 0 amide bonds. The van der Waals surface area contributed by atoms with Crippen molar-refractivity contribution in [3.63, 3.8) is 0 Å². The number of para-hydroxylation sites is 1. The van der Waals surface area contributed by atoms with Crippen molar-refractivity contribution in [2.45, 2.75) is 36.5 Å². The van der Waals surface area contributed by atoms with Gasteiger partial charge in [-0.3, -0.25) is 9.30 Å². The molecule has 0 bridgehead atoms. The summed E-state index contributed by atoms with van der Waals surface area (Å²) in [7, 11) is 0. The Kier molecular flexibility index (Phi) is 5.67. The summed E-state index contributed by atoms with van der Waals surface area (Å²) >= 11 is 6.41. The molecule has 35 heavy (non-hydrogen) atoms. The minimum atomic E-state index is -4.48. The van der Waals surface area contributed by atoms with Crippen molar-refractivity contribution < 1.29 is 13.2 Å². The van der Waals surface area contributed by atoms with Crippen LogP contribution in [-0.4, -0.2) is 49.8 Å². The molecule has 4 heterocycles. The van der Waals surface area contributed by atoms with E-state index in [9.17, 15) is 18.4 Å². The highest BCUT2D eigenvalue weighted by Gasteiger charge is 2.46. The first-order chi connectivity index (χ1) is 16.6. The lowest BCUT2D eigenvalue weighted by molar-refractivity contribution is -0.183. The van der Waals surface area contributed by atoms with Gasteiger partial charge in [-0.05, 0) is 31.0 Å². The molecule has 0 aliphatic carbocycles. The second-order valence-corrected chi connectivity index (χ2v) is 9.65. The van der Waals surface area contributed by atoms with Crippen LogP contribution in [0, 0.1) is 11.3 Å². The van der Waals surface area contributed by atoms with Crippen LogP contribution in [0.1, 0.15) is 30.5 Å². The molecule has 1 aliphatic heterocycles. The largest absolute Gasteiger partial charge is 0.408 e. The summed E-state index contributed by atoms with van der Waals surface area (Å²) in [5.41, 5.74) is 7.77. The van der Waals surface area contributed by atoms with E-state index in [0.717, 1.165) is 5.39 Å². The average Bonchev–Trinajstić information content (AvgIpc) is 3.43. The standard InChI is InChI=1S/C24H21ClF3N7/c1-23(25,13-29)17-4-2-3-14-5-7-18(31-20(14)17)22-33-32-19-8-6-15(11-35(19)22)21(24(26,27)28)34-10-9-16(30)12-34/h2-8,11,16,21H,9-10,12,30H2,1H3/t16-,21+,23?/m0/s1. The molecule has 0 spiro atoms. The third-order valence-electron chi connectivity index (χ3n) is 6.34. The molecule has 0 radical (unpaired) electrons. The predicted molar refractivity (Wildman–Crippen MR) is 126 cm³/mol. The van der Waals surface area contributed by atoms with Gasteiger partial charge in [-0.2, -0.15) is 18.4 Å². The molecule has 11 heteroatoms. The predicted octanol–water partition coefficient (Wildman–Crippen LogP) is 4.56. The molecule has 0 saturated carbocycles. The van der Waals surface area contributed by atoms with E-state index in [1.54, 1.807) is 31.2 Å². The van der Waals surface area contributed by atoms with Gasteiger partial charge in [-0.25, -0.2) is 4.98 Å². The quantitative estimate of drug-likeness (QED) is 0.413. The summed E-state index contributed by atoms with van der Waals surface area (Å²) in [5.74, 6) is 0.283. The number of nitrogens with two attached hydrogens (primary N) is 1. The van der Waals surface area contributed by atoms with Crippen molar-refractivity contribution in [3.05, 3.63) is 59.8 Å². The first-order valence-electron chi connectivity index (χ1n) is 11.0. The van der Waals surface area contributed by atoms with Gasteiger partial charge in [-0.15, -0.1) is 10.2 Å². The lowest BCUT2D eigenvalue weighted by Crippen LogP contribution is -2.38. The molecule has 3 aromatic heterocycles. The zero-order chi connectivity index (χ0) is 25.0. The monoisotopic (exact) mass is 499 g/mol. The van der Waals surface area contributed by atoms with E-state index in [1.165, 1.54) is 27.6 Å². The molecule has 180 valence electrons. The SMILES string of the molecule is CC(Cl)(C#N)c1cccc2ccc(-c3nnc4ccc([C@@H](N5CC[C@H](N)C5)C(F)(F)F)cn34)nc12. The van der Waals surface area contributed by atoms with Gasteiger partial charge < -0.3 is 5.73 Å². The number of halogens is 4. The van der Waals surface area contributed by atoms with E-state index < -0.39 is 17.1 Å². The summed E-state index contributed by atoms with van der Waals surface area (Å²) in [6.07, 6.45) is -2.56. The normalized spacial score (nSPS) is 19.6. The first kappa shape index (κ1) is 23.5. The molecule has 1 saturated heterocycles. The Morgan fingerprint density at radius 2 is 1.97 bits per heavy atom. The Labute approximate surface area is 203 Å². The van der Waals surface area contributed by atoms with Crippen LogP contribution in [0.2, 0.25) is 0 Å². The van der Waals surface area contributed by atoms with Crippen LogP contribution in [0.25, 0.3) is 28.1 Å². The van der Waals surface area contributed by atoms with Gasteiger partial charge in [-0.1, -0.05) is 41.9 Å². The second-order valence-electron chi connectivity index (χ2n) is 8.89. The number of likely N-dealkylation sites (tertiary alicyclic amines) is 1. The van der Waals surface area contributed by atoms with Crippen molar-refractivity contribution >= 4 is 28.2 Å². The number of benzene rings is 1. The van der Waals surface area contributed by atoms with Crippen molar-refractivity contribution in [1.29, 1.82) is 5.26 Å². The third kappa shape index (κ3) is 4.20. The molecule has 1 unspecified atom stereocenters. The third-order valence-corrected chi connectivity index (χ3v) is 6.63. The van der Waals surface area contributed by atoms with Crippen molar-refractivity contribution in [2.75, 3.05) is 13.1 Å². The highest BCUT2D eigenvalue weighted by atomic mass is 35.5. The Balaban J connectivity index is 1.64. The van der Waals surface area contributed by atoms with Crippen LogP contribution >= 0.6 is 11.6 Å². The second kappa shape index (κ2) is 8.45. The van der Waals surface area contributed by atoms with E-state index in [-0.39, 0.29) is 30.5 Å². The summed E-state index contributed by atoms with van der Waals surface area (Å²) < 4.78 is 43.9. The number of alkyl halides is 4. The number of hydrogen-bond donors (Lipinski definition) is 1. The molecule has 1 fully saturated rings. The minimum Gasteiger partial charge on any atom is -0.326 e. The number of pyridine rings is 2. The molecule has 4 aromatic rings. The fourth-order valence-electron chi connectivity index (χ4n) is 4.61. The lowest BCUT2D eigenvalue weighted by atomic mass is 9.98. The van der Waals surface area contributed by atoms with Crippen LogP contribution < -0.4 is 5.73 Å². The van der Waals surface area contributed by atoms with Gasteiger partial charge >= 0.3 is 6.18 Å². The highest BCUT2D eigenvalue weighted by Crippen LogP contribution is 2.40. The van der Waals surface area contributed by atoms with Crippen molar-refractivity contribution in [3.8, 4) is 17.6 Å². The number of rotatable bonds is 4. The molecule has 7 nitrogen and oxygen atoms in total. The van der Waals surface area contributed by atoms with Gasteiger partial charge in [0.05, 0.1) is 11.6 Å². The Morgan fingerprint density at radius 3 is 2.66 bits per heavy atom. The summed E-state index contributed by atoms with van der Waals surface area (Å²) in [6, 6.07) is 11.8. The smallest absolute Gasteiger partial charge is 0.326 e. The number of nitriles is 1. The van der Waals surface area contributed by atoms with Crippen LogP contribution in [0.3, 0.4) is 0 Å². The Hall–Kier alpha value is -3.26. The maximum Gasteiger partial charge on any atom is 0.408 e. The molecular formula is C24H21ClF3N7. The van der Waals surface area contributed by atoms with E-state index >= 15 is 0 Å². The first-order valence-corrected chi connectivity index (χ1v) is 11.4. The van der Waals surface area contributed by atoms with E-state index in [1.807, 2.05) is 6.07 Å². The number of fused-ring (bicyclic) bond motifs is 2. The fraction of sp³-hybridized carbons (Fsp3) is 0.333.